The average molecular weight is 428 g/mol. The Morgan fingerprint density at radius 2 is 2.00 bits per heavy atom. The van der Waals surface area contributed by atoms with Gasteiger partial charge in [0.05, 0.1) is 22.7 Å². The van der Waals surface area contributed by atoms with Crippen molar-refractivity contribution in [3.05, 3.63) is 63.5 Å². The number of carbonyl (C=O) groups is 1. The van der Waals surface area contributed by atoms with Gasteiger partial charge in [0.1, 0.15) is 5.69 Å². The first-order valence-corrected chi connectivity index (χ1v) is 10.4. The quantitative estimate of drug-likeness (QED) is 0.594. The molecule has 4 heterocycles. The van der Waals surface area contributed by atoms with E-state index in [-0.39, 0.29) is 18.0 Å². The summed E-state index contributed by atoms with van der Waals surface area (Å²) < 4.78 is 2.13. The molecule has 6 nitrogen and oxygen atoms in total. The molecular weight excluding hydrogens is 409 g/mol. The zero-order valence-corrected chi connectivity index (χ0v) is 17.4. The maximum Gasteiger partial charge on any atom is 0.256 e. The third kappa shape index (κ3) is 3.11. The molecule has 0 unspecified atom stereocenters. The van der Waals surface area contributed by atoms with Crippen LogP contribution in [-0.2, 0) is 6.54 Å². The van der Waals surface area contributed by atoms with Gasteiger partial charge in [-0.05, 0) is 56.5 Å². The molecule has 1 saturated heterocycles. The van der Waals surface area contributed by atoms with E-state index in [4.69, 9.17) is 23.2 Å². The van der Waals surface area contributed by atoms with Crippen molar-refractivity contribution < 1.29 is 4.79 Å². The zero-order chi connectivity index (χ0) is 20.1. The second kappa shape index (κ2) is 7.11. The molecule has 2 aliphatic rings. The van der Waals surface area contributed by atoms with Gasteiger partial charge < -0.3 is 9.47 Å². The van der Waals surface area contributed by atoms with Crippen LogP contribution in [-0.4, -0.2) is 36.6 Å². The summed E-state index contributed by atoms with van der Waals surface area (Å²) in [6.45, 7) is 2.61. The van der Waals surface area contributed by atoms with E-state index < -0.39 is 0 Å². The van der Waals surface area contributed by atoms with Crippen LogP contribution < -0.4 is 0 Å². The second-order valence-corrected chi connectivity index (χ2v) is 8.44. The number of aryl methyl sites for hydroxylation is 1. The van der Waals surface area contributed by atoms with Gasteiger partial charge in [0, 0.05) is 17.3 Å². The molecule has 2 bridgehead atoms. The van der Waals surface area contributed by atoms with E-state index in [1.165, 1.54) is 0 Å². The molecule has 1 amide bonds. The molecule has 29 heavy (non-hydrogen) atoms. The number of amides is 1. The van der Waals surface area contributed by atoms with Gasteiger partial charge in [0.15, 0.2) is 11.6 Å². The number of hydrogen-bond acceptors (Lipinski definition) is 4. The lowest BCUT2D eigenvalue weighted by molar-refractivity contribution is 0.0289. The molecule has 2 aromatic heterocycles. The lowest BCUT2D eigenvalue weighted by Gasteiger charge is -2.45. The van der Waals surface area contributed by atoms with E-state index in [9.17, 15) is 4.79 Å². The highest BCUT2D eigenvalue weighted by molar-refractivity contribution is 6.36. The van der Waals surface area contributed by atoms with Gasteiger partial charge in [-0.3, -0.25) is 4.79 Å². The number of aromatic nitrogens is 4. The molecular formula is C21H19Cl2N5O. The summed E-state index contributed by atoms with van der Waals surface area (Å²) in [5.74, 6) is 1.50. The van der Waals surface area contributed by atoms with Crippen molar-refractivity contribution in [1.82, 2.24) is 24.6 Å². The summed E-state index contributed by atoms with van der Waals surface area (Å²) >= 11 is 12.3. The molecule has 8 heteroatoms. The predicted molar refractivity (Wildman–Crippen MR) is 111 cm³/mol. The molecule has 2 aliphatic heterocycles. The maximum absolute atomic E-state index is 13.4. The van der Waals surface area contributed by atoms with Crippen molar-refractivity contribution in [3.8, 4) is 11.5 Å². The first-order chi connectivity index (χ1) is 14.0. The molecule has 0 radical (unpaired) electrons. The number of halogens is 2. The summed E-state index contributed by atoms with van der Waals surface area (Å²) in [5, 5.41) is 9.79. The van der Waals surface area contributed by atoms with E-state index in [0.717, 1.165) is 42.3 Å². The number of pyridine rings is 1. The third-order valence-electron chi connectivity index (χ3n) is 5.73. The highest BCUT2D eigenvalue weighted by Crippen LogP contribution is 2.41. The van der Waals surface area contributed by atoms with Crippen molar-refractivity contribution in [2.75, 3.05) is 0 Å². The van der Waals surface area contributed by atoms with E-state index in [2.05, 4.69) is 19.7 Å². The maximum atomic E-state index is 13.4. The SMILES string of the molecule is Cc1cccc(-c2nnc3n2C[C@H]2CCC[C@H]3N2C(=O)c2ccc(Cl)cc2Cl)n1. The Bertz CT molecular complexity index is 1110. The van der Waals surface area contributed by atoms with Crippen molar-refractivity contribution in [2.24, 2.45) is 0 Å². The van der Waals surface area contributed by atoms with Gasteiger partial charge in [-0.1, -0.05) is 29.3 Å². The summed E-state index contributed by atoms with van der Waals surface area (Å²) in [6.07, 6.45) is 2.84. The standard InChI is InChI=1S/C21H19Cl2N5O/c1-12-4-2-6-17(24-12)19-25-26-20-18-7-3-5-14(11-27(19)20)28(18)21(29)15-9-8-13(22)10-16(15)23/h2,4,6,8-10,14,18H,3,5,7,11H2,1H3/t14-,18-/m1/s1. The fraction of sp³-hybridized carbons (Fsp3) is 0.333. The van der Waals surface area contributed by atoms with Gasteiger partial charge >= 0.3 is 0 Å². The highest BCUT2D eigenvalue weighted by Gasteiger charge is 2.43. The van der Waals surface area contributed by atoms with Crippen LogP contribution in [0.5, 0.6) is 0 Å². The smallest absolute Gasteiger partial charge is 0.256 e. The van der Waals surface area contributed by atoms with Crippen molar-refractivity contribution in [1.29, 1.82) is 0 Å². The number of nitrogens with zero attached hydrogens (tertiary/aromatic N) is 5. The topological polar surface area (TPSA) is 63.9 Å². The van der Waals surface area contributed by atoms with Crippen LogP contribution in [0, 0.1) is 6.92 Å². The second-order valence-electron chi connectivity index (χ2n) is 7.59. The number of benzene rings is 1. The van der Waals surface area contributed by atoms with E-state index >= 15 is 0 Å². The first kappa shape index (κ1) is 18.6. The molecule has 1 aromatic carbocycles. The lowest BCUT2D eigenvalue weighted by Crippen LogP contribution is -2.52. The Balaban J connectivity index is 1.55. The van der Waals surface area contributed by atoms with Crippen LogP contribution in [0.4, 0.5) is 0 Å². The van der Waals surface area contributed by atoms with E-state index in [0.29, 0.717) is 22.2 Å². The van der Waals surface area contributed by atoms with Crippen molar-refractivity contribution in [3.63, 3.8) is 0 Å². The van der Waals surface area contributed by atoms with Crippen molar-refractivity contribution in [2.45, 2.75) is 44.8 Å². The molecule has 0 N–H and O–H groups in total. The zero-order valence-electron chi connectivity index (χ0n) is 15.8. The van der Waals surface area contributed by atoms with Crippen LogP contribution in [0.15, 0.2) is 36.4 Å². The minimum Gasteiger partial charge on any atom is -0.324 e. The highest BCUT2D eigenvalue weighted by atomic mass is 35.5. The minimum absolute atomic E-state index is 0.0695. The number of fused-ring (bicyclic) bond motifs is 4. The monoisotopic (exact) mass is 427 g/mol. The van der Waals surface area contributed by atoms with Gasteiger partial charge in [-0.2, -0.15) is 0 Å². The summed E-state index contributed by atoms with van der Waals surface area (Å²) in [6, 6.07) is 10.8. The van der Waals surface area contributed by atoms with Crippen LogP contribution in [0.1, 0.15) is 47.2 Å². The fourth-order valence-corrected chi connectivity index (χ4v) is 4.92. The fourth-order valence-electron chi connectivity index (χ4n) is 4.43. The number of hydrogen-bond donors (Lipinski definition) is 0. The Morgan fingerprint density at radius 1 is 1.14 bits per heavy atom. The van der Waals surface area contributed by atoms with Crippen LogP contribution in [0.25, 0.3) is 11.5 Å². The van der Waals surface area contributed by atoms with Gasteiger partial charge in [-0.25, -0.2) is 4.98 Å². The van der Waals surface area contributed by atoms with Crippen molar-refractivity contribution >= 4 is 29.1 Å². The van der Waals surface area contributed by atoms with E-state index in [1.807, 2.05) is 30.0 Å². The lowest BCUT2D eigenvalue weighted by atomic mass is 9.91. The van der Waals surface area contributed by atoms with Crippen LogP contribution in [0.3, 0.4) is 0 Å². The number of piperidine rings is 1. The molecule has 0 saturated carbocycles. The molecule has 1 fully saturated rings. The third-order valence-corrected chi connectivity index (χ3v) is 6.28. The van der Waals surface area contributed by atoms with Gasteiger partial charge in [-0.15, -0.1) is 10.2 Å². The predicted octanol–water partition coefficient (Wildman–Crippen LogP) is 4.70. The Morgan fingerprint density at radius 3 is 2.79 bits per heavy atom. The normalized spacial score (nSPS) is 20.4. The van der Waals surface area contributed by atoms with E-state index in [1.54, 1.807) is 18.2 Å². The van der Waals surface area contributed by atoms with Crippen LogP contribution >= 0.6 is 23.2 Å². The minimum atomic E-state index is -0.118. The average Bonchev–Trinajstić information content (AvgIpc) is 3.10. The Hall–Kier alpha value is -2.44. The number of rotatable bonds is 2. The Labute approximate surface area is 178 Å². The summed E-state index contributed by atoms with van der Waals surface area (Å²) in [7, 11) is 0. The summed E-state index contributed by atoms with van der Waals surface area (Å²) in [4.78, 5) is 20.0. The Kier molecular flexibility index (Phi) is 4.56. The largest absolute Gasteiger partial charge is 0.324 e. The van der Waals surface area contributed by atoms with Crippen LogP contribution in [0.2, 0.25) is 10.0 Å². The molecule has 148 valence electrons. The molecule has 0 aliphatic carbocycles. The number of carbonyl (C=O) groups excluding carboxylic acids is 1. The molecule has 5 rings (SSSR count). The molecule has 3 aromatic rings. The summed E-state index contributed by atoms with van der Waals surface area (Å²) in [5.41, 5.74) is 2.22. The van der Waals surface area contributed by atoms with Gasteiger partial charge in [0.2, 0.25) is 0 Å². The molecule has 2 atom stereocenters. The van der Waals surface area contributed by atoms with Gasteiger partial charge in [0.25, 0.3) is 5.91 Å². The molecule has 0 spiro atoms. The first-order valence-electron chi connectivity index (χ1n) is 9.68.